The lowest BCUT2D eigenvalue weighted by Gasteiger charge is -2.21. The molecule has 4 rings (SSSR count). The SMILES string of the molecule is CC#Cc1ccc(-c2cc(=O)[nH]c3c(C4CCCCC4)c(C)nn23)c(C)c1. The number of H-pyrrole nitrogens is 1. The van der Waals surface area contributed by atoms with Crippen LogP contribution >= 0.6 is 0 Å². The van der Waals surface area contributed by atoms with Gasteiger partial charge in [0.15, 0.2) is 0 Å². The Morgan fingerprint density at radius 3 is 2.63 bits per heavy atom. The molecule has 0 saturated heterocycles. The van der Waals surface area contributed by atoms with Crippen molar-refractivity contribution in [3.63, 3.8) is 0 Å². The molecule has 0 aliphatic heterocycles. The number of benzene rings is 1. The van der Waals surface area contributed by atoms with Gasteiger partial charge in [0.1, 0.15) is 5.65 Å². The van der Waals surface area contributed by atoms with E-state index in [1.807, 2.05) is 23.6 Å². The molecule has 1 N–H and O–H groups in total. The number of rotatable bonds is 2. The Morgan fingerprint density at radius 1 is 1.15 bits per heavy atom. The molecule has 2 aromatic heterocycles. The van der Waals surface area contributed by atoms with Crippen LogP contribution in [0.1, 0.15) is 67.3 Å². The van der Waals surface area contributed by atoms with Crippen molar-refractivity contribution in [2.45, 2.75) is 58.8 Å². The largest absolute Gasteiger partial charge is 0.307 e. The highest BCUT2D eigenvalue weighted by Crippen LogP contribution is 2.36. The predicted octanol–water partition coefficient (Wildman–Crippen LogP) is 4.73. The van der Waals surface area contributed by atoms with Crippen LogP contribution in [-0.4, -0.2) is 14.6 Å². The van der Waals surface area contributed by atoms with Crippen molar-refractivity contribution in [3.05, 3.63) is 57.0 Å². The van der Waals surface area contributed by atoms with Crippen LogP contribution in [0.3, 0.4) is 0 Å². The van der Waals surface area contributed by atoms with Crippen LogP contribution in [0.25, 0.3) is 16.9 Å². The van der Waals surface area contributed by atoms with Crippen molar-refractivity contribution in [2.24, 2.45) is 0 Å². The smallest absolute Gasteiger partial charge is 0.251 e. The van der Waals surface area contributed by atoms with Crippen molar-refractivity contribution >= 4 is 5.65 Å². The summed E-state index contributed by atoms with van der Waals surface area (Å²) in [4.78, 5) is 15.5. The van der Waals surface area contributed by atoms with E-state index >= 15 is 0 Å². The first kappa shape index (κ1) is 17.6. The second kappa shape index (κ2) is 7.08. The van der Waals surface area contributed by atoms with E-state index in [1.54, 1.807) is 6.07 Å². The van der Waals surface area contributed by atoms with Gasteiger partial charge in [-0.1, -0.05) is 31.2 Å². The zero-order valence-electron chi connectivity index (χ0n) is 16.2. The highest BCUT2D eigenvalue weighted by molar-refractivity contribution is 5.68. The van der Waals surface area contributed by atoms with Crippen LogP contribution in [0.15, 0.2) is 29.1 Å². The first-order valence-electron chi connectivity index (χ1n) is 9.75. The molecule has 1 fully saturated rings. The fourth-order valence-electron chi connectivity index (χ4n) is 4.42. The molecule has 1 aliphatic rings. The first-order chi connectivity index (χ1) is 13.1. The molecular formula is C23H25N3O. The minimum absolute atomic E-state index is 0.0775. The van der Waals surface area contributed by atoms with E-state index < -0.39 is 0 Å². The lowest BCUT2D eigenvalue weighted by atomic mass is 9.84. The molecule has 0 bridgehead atoms. The van der Waals surface area contributed by atoms with Crippen LogP contribution in [0.5, 0.6) is 0 Å². The molecule has 4 heteroatoms. The van der Waals surface area contributed by atoms with Gasteiger partial charge in [-0.3, -0.25) is 4.79 Å². The van der Waals surface area contributed by atoms with Gasteiger partial charge in [-0.05, 0) is 57.2 Å². The Balaban J connectivity index is 1.92. The number of aromatic amines is 1. The maximum Gasteiger partial charge on any atom is 0.251 e. The van der Waals surface area contributed by atoms with Crippen LogP contribution in [0.2, 0.25) is 0 Å². The number of hydrogen-bond acceptors (Lipinski definition) is 2. The van der Waals surface area contributed by atoms with Crippen molar-refractivity contribution in [3.8, 4) is 23.1 Å². The van der Waals surface area contributed by atoms with Crippen LogP contribution in [0, 0.1) is 25.7 Å². The van der Waals surface area contributed by atoms with Gasteiger partial charge in [0, 0.05) is 22.8 Å². The quantitative estimate of drug-likeness (QED) is 0.673. The summed E-state index contributed by atoms with van der Waals surface area (Å²) < 4.78 is 1.92. The van der Waals surface area contributed by atoms with Gasteiger partial charge in [-0.15, -0.1) is 5.92 Å². The summed E-state index contributed by atoms with van der Waals surface area (Å²) in [6, 6.07) is 7.76. The summed E-state index contributed by atoms with van der Waals surface area (Å²) in [5, 5.41) is 4.82. The van der Waals surface area contributed by atoms with E-state index in [-0.39, 0.29) is 5.56 Å². The van der Waals surface area contributed by atoms with Crippen LogP contribution in [0.4, 0.5) is 0 Å². The molecule has 27 heavy (non-hydrogen) atoms. The molecule has 1 aliphatic carbocycles. The molecule has 138 valence electrons. The predicted molar refractivity (Wildman–Crippen MR) is 109 cm³/mol. The molecule has 4 nitrogen and oxygen atoms in total. The van der Waals surface area contributed by atoms with Gasteiger partial charge in [0.25, 0.3) is 5.56 Å². The van der Waals surface area contributed by atoms with E-state index in [0.717, 1.165) is 33.7 Å². The van der Waals surface area contributed by atoms with E-state index in [0.29, 0.717) is 5.92 Å². The number of aryl methyl sites for hydroxylation is 2. The van der Waals surface area contributed by atoms with Crippen molar-refractivity contribution in [1.82, 2.24) is 14.6 Å². The lowest BCUT2D eigenvalue weighted by Crippen LogP contribution is -2.12. The summed E-state index contributed by atoms with van der Waals surface area (Å²) in [6.07, 6.45) is 6.17. The molecule has 0 spiro atoms. The zero-order chi connectivity index (χ0) is 19.0. The molecule has 0 atom stereocenters. The summed E-state index contributed by atoms with van der Waals surface area (Å²) >= 11 is 0. The van der Waals surface area contributed by atoms with Crippen molar-refractivity contribution in [2.75, 3.05) is 0 Å². The van der Waals surface area contributed by atoms with Gasteiger partial charge >= 0.3 is 0 Å². The zero-order valence-corrected chi connectivity index (χ0v) is 16.2. The summed E-state index contributed by atoms with van der Waals surface area (Å²) in [7, 11) is 0. The summed E-state index contributed by atoms with van der Waals surface area (Å²) in [5.41, 5.74) is 6.97. The topological polar surface area (TPSA) is 50.2 Å². The number of hydrogen-bond donors (Lipinski definition) is 1. The van der Waals surface area contributed by atoms with E-state index in [4.69, 9.17) is 5.10 Å². The standard InChI is InChI=1S/C23H25N3O/c1-4-8-17-11-12-19(15(2)13-17)20-14-21(27)24-23-22(16(3)25-26(20)23)18-9-6-5-7-10-18/h11-14,18H,5-7,9-10H2,1-3H3,(H,24,27). The minimum atomic E-state index is -0.0775. The maximum atomic E-state index is 12.5. The van der Waals surface area contributed by atoms with Crippen molar-refractivity contribution in [1.29, 1.82) is 0 Å². The molecule has 1 aromatic carbocycles. The highest BCUT2D eigenvalue weighted by atomic mass is 16.1. The lowest BCUT2D eigenvalue weighted by molar-refractivity contribution is 0.444. The molecule has 2 heterocycles. The third kappa shape index (κ3) is 3.19. The van der Waals surface area contributed by atoms with Crippen LogP contribution in [-0.2, 0) is 0 Å². The Morgan fingerprint density at radius 2 is 1.93 bits per heavy atom. The van der Waals surface area contributed by atoms with Gasteiger partial charge in [0.05, 0.1) is 11.4 Å². The fraction of sp³-hybridized carbons (Fsp3) is 0.391. The monoisotopic (exact) mass is 359 g/mol. The number of aromatic nitrogens is 3. The van der Waals surface area contributed by atoms with Crippen molar-refractivity contribution < 1.29 is 0 Å². The average molecular weight is 359 g/mol. The highest BCUT2D eigenvalue weighted by Gasteiger charge is 2.24. The second-order valence-corrected chi connectivity index (χ2v) is 7.52. The maximum absolute atomic E-state index is 12.5. The third-order valence-corrected chi connectivity index (χ3v) is 5.63. The third-order valence-electron chi connectivity index (χ3n) is 5.63. The van der Waals surface area contributed by atoms with Gasteiger partial charge < -0.3 is 4.98 Å². The molecule has 3 aromatic rings. The Labute approximate surface area is 159 Å². The summed E-state index contributed by atoms with van der Waals surface area (Å²) in [6.45, 7) is 5.95. The van der Waals surface area contributed by atoms with Gasteiger partial charge in [0.2, 0.25) is 0 Å². The van der Waals surface area contributed by atoms with Gasteiger partial charge in [-0.25, -0.2) is 4.52 Å². The molecular weight excluding hydrogens is 334 g/mol. The normalized spacial score (nSPS) is 14.9. The Bertz CT molecular complexity index is 1120. The van der Waals surface area contributed by atoms with Crippen LogP contribution < -0.4 is 5.56 Å². The summed E-state index contributed by atoms with van der Waals surface area (Å²) in [5.74, 6) is 6.52. The molecule has 0 unspecified atom stereocenters. The Hall–Kier alpha value is -2.80. The molecule has 1 saturated carbocycles. The molecule has 0 radical (unpaired) electrons. The number of fused-ring (bicyclic) bond motifs is 1. The van der Waals surface area contributed by atoms with E-state index in [2.05, 4.69) is 36.7 Å². The number of nitrogens with zero attached hydrogens (tertiary/aromatic N) is 2. The first-order valence-corrected chi connectivity index (χ1v) is 9.75. The van der Waals surface area contributed by atoms with Gasteiger partial charge in [-0.2, -0.15) is 5.10 Å². The minimum Gasteiger partial charge on any atom is -0.307 e. The second-order valence-electron chi connectivity index (χ2n) is 7.52. The Kier molecular flexibility index (Phi) is 4.61. The molecule has 0 amide bonds. The average Bonchev–Trinajstić information content (AvgIpc) is 2.98. The van der Waals surface area contributed by atoms with E-state index in [9.17, 15) is 4.79 Å². The number of nitrogens with one attached hydrogen (secondary N) is 1. The van der Waals surface area contributed by atoms with E-state index in [1.165, 1.54) is 37.7 Å². The fourth-order valence-corrected chi connectivity index (χ4v) is 4.42.